The fourth-order valence-corrected chi connectivity index (χ4v) is 2.99. The molecule has 2 heterocycles. The number of aliphatic imine (C=N–C) groups is 1. The molecule has 0 amide bonds. The van der Waals surface area contributed by atoms with Crippen molar-refractivity contribution in [2.24, 2.45) is 10.9 Å². The number of fused-ring (bicyclic) bond motifs is 1. The summed E-state index contributed by atoms with van der Waals surface area (Å²) in [6.07, 6.45) is 1.06. The SMILES string of the molecule is CC1=Nc2c(C#N)cnn2C(c2ccccc2F)C1C(=O)OC(C)C. The zero-order valence-corrected chi connectivity index (χ0v) is 14.1. The first kappa shape index (κ1) is 16.8. The van der Waals surface area contributed by atoms with E-state index in [0.29, 0.717) is 17.1 Å². The number of rotatable bonds is 3. The number of nitriles is 1. The number of carbonyl (C=O) groups excluding carboxylic acids is 1. The van der Waals surface area contributed by atoms with Crippen molar-refractivity contribution in [3.05, 3.63) is 47.4 Å². The van der Waals surface area contributed by atoms with E-state index < -0.39 is 23.7 Å². The lowest BCUT2D eigenvalue weighted by molar-refractivity contribution is -0.151. The molecule has 1 aromatic carbocycles. The third-order valence-electron chi connectivity index (χ3n) is 4.03. The van der Waals surface area contributed by atoms with Gasteiger partial charge in [0.1, 0.15) is 29.4 Å². The second kappa shape index (κ2) is 6.48. The highest BCUT2D eigenvalue weighted by Gasteiger charge is 2.41. The third kappa shape index (κ3) is 2.91. The van der Waals surface area contributed by atoms with Crippen LogP contribution in [-0.4, -0.2) is 27.6 Å². The molecule has 0 spiro atoms. The normalized spacial score (nSPS) is 19.1. The molecule has 1 aliphatic rings. The first-order valence-electron chi connectivity index (χ1n) is 7.91. The molecule has 6 nitrogen and oxygen atoms in total. The Morgan fingerprint density at radius 3 is 2.76 bits per heavy atom. The predicted molar refractivity (Wildman–Crippen MR) is 89.0 cm³/mol. The summed E-state index contributed by atoms with van der Waals surface area (Å²) >= 11 is 0. The molecular formula is C18H17FN4O2. The fourth-order valence-electron chi connectivity index (χ4n) is 2.99. The number of aromatic nitrogens is 2. The van der Waals surface area contributed by atoms with Gasteiger partial charge in [0.15, 0.2) is 5.82 Å². The van der Waals surface area contributed by atoms with Crippen LogP contribution < -0.4 is 0 Å². The van der Waals surface area contributed by atoms with E-state index in [1.165, 1.54) is 16.9 Å². The summed E-state index contributed by atoms with van der Waals surface area (Å²) in [7, 11) is 0. The Kier molecular flexibility index (Phi) is 4.36. The number of halogens is 1. The van der Waals surface area contributed by atoms with Gasteiger partial charge < -0.3 is 4.74 Å². The Morgan fingerprint density at radius 1 is 1.40 bits per heavy atom. The largest absolute Gasteiger partial charge is 0.462 e. The molecule has 0 radical (unpaired) electrons. The van der Waals surface area contributed by atoms with Gasteiger partial charge in [-0.3, -0.25) is 4.79 Å². The Morgan fingerprint density at radius 2 is 2.12 bits per heavy atom. The van der Waals surface area contributed by atoms with Crippen molar-refractivity contribution in [2.45, 2.75) is 32.9 Å². The van der Waals surface area contributed by atoms with Gasteiger partial charge in [-0.25, -0.2) is 14.1 Å². The highest BCUT2D eigenvalue weighted by atomic mass is 19.1. The highest BCUT2D eigenvalue weighted by molar-refractivity contribution is 6.03. The molecule has 2 atom stereocenters. The maximum absolute atomic E-state index is 14.5. The molecule has 0 bridgehead atoms. The van der Waals surface area contributed by atoms with Crippen LogP contribution in [0.25, 0.3) is 0 Å². The summed E-state index contributed by atoms with van der Waals surface area (Å²) < 4.78 is 21.3. The van der Waals surface area contributed by atoms with Crippen LogP contribution in [0.3, 0.4) is 0 Å². The van der Waals surface area contributed by atoms with Crippen LogP contribution in [0.4, 0.5) is 10.2 Å². The molecule has 0 aliphatic carbocycles. The molecule has 1 aliphatic heterocycles. The van der Waals surface area contributed by atoms with Gasteiger partial charge in [-0.1, -0.05) is 18.2 Å². The molecule has 7 heteroatoms. The first-order chi connectivity index (χ1) is 11.9. The second-order valence-corrected chi connectivity index (χ2v) is 6.12. The zero-order valence-electron chi connectivity index (χ0n) is 14.1. The maximum Gasteiger partial charge on any atom is 0.317 e. The van der Waals surface area contributed by atoms with E-state index in [4.69, 9.17) is 4.74 Å². The van der Waals surface area contributed by atoms with E-state index in [1.54, 1.807) is 39.0 Å². The van der Waals surface area contributed by atoms with Gasteiger partial charge in [-0.15, -0.1) is 0 Å². The van der Waals surface area contributed by atoms with E-state index in [9.17, 15) is 14.4 Å². The standard InChI is InChI=1S/C18H17FN4O2/c1-10(2)25-18(24)15-11(3)22-17-12(8-20)9-21-23(17)16(15)13-6-4-5-7-14(13)19/h4-7,9-10,15-16H,1-3H3. The summed E-state index contributed by atoms with van der Waals surface area (Å²) in [5.74, 6) is -1.45. The average molecular weight is 340 g/mol. The van der Waals surface area contributed by atoms with Crippen LogP contribution in [0.2, 0.25) is 0 Å². The molecule has 128 valence electrons. The van der Waals surface area contributed by atoms with Gasteiger partial charge in [0.25, 0.3) is 0 Å². The molecule has 0 N–H and O–H groups in total. The monoisotopic (exact) mass is 340 g/mol. The van der Waals surface area contributed by atoms with E-state index >= 15 is 0 Å². The van der Waals surface area contributed by atoms with Gasteiger partial charge in [-0.05, 0) is 26.8 Å². The average Bonchev–Trinajstić information content (AvgIpc) is 2.96. The Balaban J connectivity index is 2.19. The highest BCUT2D eigenvalue weighted by Crippen LogP contribution is 2.39. The minimum Gasteiger partial charge on any atom is -0.462 e. The quantitative estimate of drug-likeness (QED) is 0.804. The summed E-state index contributed by atoms with van der Waals surface area (Å²) in [6.45, 7) is 5.18. The third-order valence-corrected chi connectivity index (χ3v) is 4.03. The van der Waals surface area contributed by atoms with Crippen LogP contribution >= 0.6 is 0 Å². The lowest BCUT2D eigenvalue weighted by atomic mass is 9.88. The molecule has 2 unspecified atom stereocenters. The van der Waals surface area contributed by atoms with Crippen molar-refractivity contribution < 1.29 is 13.9 Å². The van der Waals surface area contributed by atoms with Gasteiger partial charge in [0.2, 0.25) is 0 Å². The number of nitrogens with zero attached hydrogens (tertiary/aromatic N) is 4. The minimum absolute atomic E-state index is 0.274. The lowest BCUT2D eigenvalue weighted by Crippen LogP contribution is -2.38. The summed E-state index contributed by atoms with van der Waals surface area (Å²) in [4.78, 5) is 17.0. The van der Waals surface area contributed by atoms with E-state index in [1.807, 2.05) is 6.07 Å². The number of hydrogen-bond donors (Lipinski definition) is 0. The summed E-state index contributed by atoms with van der Waals surface area (Å²) in [6, 6.07) is 7.46. The topological polar surface area (TPSA) is 80.3 Å². The molecular weight excluding hydrogens is 323 g/mol. The van der Waals surface area contributed by atoms with Crippen LogP contribution in [0.1, 0.15) is 37.9 Å². The second-order valence-electron chi connectivity index (χ2n) is 6.12. The predicted octanol–water partition coefficient (Wildman–Crippen LogP) is 3.16. The van der Waals surface area contributed by atoms with Gasteiger partial charge in [0.05, 0.1) is 12.3 Å². The number of benzene rings is 1. The minimum atomic E-state index is -0.821. The van der Waals surface area contributed by atoms with E-state index in [0.717, 1.165) is 0 Å². The molecule has 3 rings (SSSR count). The smallest absolute Gasteiger partial charge is 0.317 e. The van der Waals surface area contributed by atoms with Crippen LogP contribution in [0.5, 0.6) is 0 Å². The van der Waals surface area contributed by atoms with Crippen LogP contribution in [0, 0.1) is 23.1 Å². The first-order valence-corrected chi connectivity index (χ1v) is 7.91. The lowest BCUT2D eigenvalue weighted by Gasteiger charge is -2.31. The van der Waals surface area contributed by atoms with Crippen LogP contribution in [-0.2, 0) is 9.53 Å². The molecule has 25 heavy (non-hydrogen) atoms. The molecule has 0 fully saturated rings. The van der Waals surface area contributed by atoms with Crippen molar-refractivity contribution in [3.8, 4) is 6.07 Å². The molecule has 0 saturated carbocycles. The zero-order chi connectivity index (χ0) is 18.1. The fraction of sp³-hybridized carbons (Fsp3) is 0.333. The van der Waals surface area contributed by atoms with Gasteiger partial charge in [0, 0.05) is 11.3 Å². The Labute approximate surface area is 144 Å². The van der Waals surface area contributed by atoms with Crippen molar-refractivity contribution in [3.63, 3.8) is 0 Å². The molecule has 2 aromatic rings. The van der Waals surface area contributed by atoms with E-state index in [-0.39, 0.29) is 11.7 Å². The maximum atomic E-state index is 14.5. The number of hydrogen-bond acceptors (Lipinski definition) is 5. The number of carbonyl (C=O) groups is 1. The van der Waals surface area contributed by atoms with Crippen molar-refractivity contribution in [2.75, 3.05) is 0 Å². The number of ether oxygens (including phenoxy) is 1. The van der Waals surface area contributed by atoms with Crippen molar-refractivity contribution in [1.82, 2.24) is 9.78 Å². The molecule has 0 saturated heterocycles. The number of esters is 1. The Hall–Kier alpha value is -3.01. The van der Waals surface area contributed by atoms with Gasteiger partial charge in [-0.2, -0.15) is 10.4 Å². The Bertz CT molecular complexity index is 895. The summed E-state index contributed by atoms with van der Waals surface area (Å²) in [5.41, 5.74) is 1.04. The molecule has 1 aromatic heterocycles. The van der Waals surface area contributed by atoms with Gasteiger partial charge >= 0.3 is 5.97 Å². The summed E-state index contributed by atoms with van der Waals surface area (Å²) in [5, 5.41) is 13.4. The van der Waals surface area contributed by atoms with E-state index in [2.05, 4.69) is 10.1 Å². The van der Waals surface area contributed by atoms with Crippen LogP contribution in [0.15, 0.2) is 35.5 Å². The van der Waals surface area contributed by atoms with Crippen molar-refractivity contribution >= 4 is 17.5 Å². The van der Waals surface area contributed by atoms with Crippen molar-refractivity contribution in [1.29, 1.82) is 5.26 Å².